The molecule has 0 aromatic carbocycles. The fourth-order valence-electron chi connectivity index (χ4n) is 1.32. The maximum Gasteiger partial charge on any atom is 0.274 e. The maximum absolute atomic E-state index is 12.0. The van der Waals surface area contributed by atoms with Crippen LogP contribution in [0.1, 0.15) is 23.8 Å². The van der Waals surface area contributed by atoms with Crippen molar-refractivity contribution in [3.05, 3.63) is 17.8 Å². The summed E-state index contributed by atoms with van der Waals surface area (Å²) in [5.74, 6) is 1.23. The van der Waals surface area contributed by atoms with E-state index in [0.29, 0.717) is 11.5 Å². The number of amides is 1. The van der Waals surface area contributed by atoms with Crippen LogP contribution >= 0.6 is 11.8 Å². The largest absolute Gasteiger partial charge is 0.382 e. The summed E-state index contributed by atoms with van der Waals surface area (Å²) in [4.78, 5) is 13.7. The van der Waals surface area contributed by atoms with E-state index >= 15 is 0 Å². The molecule has 1 amide bonds. The van der Waals surface area contributed by atoms with Crippen molar-refractivity contribution in [2.24, 2.45) is 0 Å². The van der Waals surface area contributed by atoms with E-state index < -0.39 is 0 Å². The van der Waals surface area contributed by atoms with E-state index in [-0.39, 0.29) is 11.9 Å². The number of hydrogen-bond acceptors (Lipinski definition) is 5. The molecule has 17 heavy (non-hydrogen) atoms. The number of nitrogens with two attached hydrogens (primary N) is 1. The second-order valence-electron chi connectivity index (χ2n) is 3.89. The molecule has 0 bridgehead atoms. The number of anilines is 1. The molecule has 0 fully saturated rings. The molecule has 1 rings (SSSR count). The van der Waals surface area contributed by atoms with E-state index in [4.69, 9.17) is 5.73 Å². The van der Waals surface area contributed by atoms with Gasteiger partial charge in [0.1, 0.15) is 5.82 Å². The minimum Gasteiger partial charge on any atom is -0.382 e. The number of nitrogen functional groups attached to an aromatic ring is 1. The van der Waals surface area contributed by atoms with Gasteiger partial charge in [-0.3, -0.25) is 4.79 Å². The molecule has 0 spiro atoms. The van der Waals surface area contributed by atoms with Crippen molar-refractivity contribution < 1.29 is 4.79 Å². The smallest absolute Gasteiger partial charge is 0.274 e. The van der Waals surface area contributed by atoms with Crippen LogP contribution in [0.5, 0.6) is 0 Å². The first-order valence-electron chi connectivity index (χ1n) is 5.41. The molecule has 1 aromatic rings. The first-order chi connectivity index (χ1) is 8.06. The molecule has 0 aliphatic carbocycles. The quantitative estimate of drug-likeness (QED) is 0.856. The molecule has 1 unspecified atom stereocenters. The average molecular weight is 254 g/mol. The van der Waals surface area contributed by atoms with Crippen molar-refractivity contribution in [2.45, 2.75) is 19.4 Å². The number of carbonyl (C=O) groups is 1. The van der Waals surface area contributed by atoms with Gasteiger partial charge in [-0.25, -0.2) is 0 Å². The summed E-state index contributed by atoms with van der Waals surface area (Å²) in [5.41, 5.74) is 5.76. The highest BCUT2D eigenvalue weighted by Crippen LogP contribution is 2.09. The van der Waals surface area contributed by atoms with Gasteiger partial charge in [0.05, 0.1) is 0 Å². The third-order valence-corrected chi connectivity index (χ3v) is 3.27. The minimum absolute atomic E-state index is 0.119. The lowest BCUT2D eigenvalue weighted by Gasteiger charge is -2.24. The van der Waals surface area contributed by atoms with Gasteiger partial charge >= 0.3 is 0 Å². The molecule has 6 heteroatoms. The van der Waals surface area contributed by atoms with Crippen LogP contribution in [0.15, 0.2) is 12.1 Å². The standard InChI is InChI=1S/C11H18N4OS/c1-8(6-7-17-3)15(2)11(16)9-4-5-10(12)14-13-9/h4-5,8H,6-7H2,1-3H3,(H2,12,14). The molecule has 2 N–H and O–H groups in total. The number of thioether (sulfide) groups is 1. The van der Waals surface area contributed by atoms with Crippen LogP contribution in [0.25, 0.3) is 0 Å². The molecular formula is C11H18N4OS. The molecular weight excluding hydrogens is 236 g/mol. The van der Waals surface area contributed by atoms with Crippen molar-refractivity contribution in [1.82, 2.24) is 15.1 Å². The number of aromatic nitrogens is 2. The van der Waals surface area contributed by atoms with Crippen LogP contribution in [0.2, 0.25) is 0 Å². The van der Waals surface area contributed by atoms with E-state index in [1.54, 1.807) is 35.8 Å². The molecule has 0 saturated heterocycles. The number of rotatable bonds is 5. The van der Waals surface area contributed by atoms with Crippen molar-refractivity contribution >= 4 is 23.5 Å². The summed E-state index contributed by atoms with van der Waals surface area (Å²) in [6.45, 7) is 2.03. The van der Waals surface area contributed by atoms with Gasteiger partial charge in [0.2, 0.25) is 0 Å². The maximum atomic E-state index is 12.0. The molecule has 94 valence electrons. The zero-order valence-electron chi connectivity index (χ0n) is 10.4. The predicted octanol–water partition coefficient (Wildman–Crippen LogP) is 1.27. The summed E-state index contributed by atoms with van der Waals surface area (Å²) >= 11 is 1.77. The average Bonchev–Trinajstić information content (AvgIpc) is 2.35. The summed E-state index contributed by atoms with van der Waals surface area (Å²) < 4.78 is 0. The lowest BCUT2D eigenvalue weighted by atomic mass is 10.2. The molecule has 0 saturated carbocycles. The third-order valence-electron chi connectivity index (χ3n) is 2.63. The first-order valence-corrected chi connectivity index (χ1v) is 6.81. The van der Waals surface area contributed by atoms with Gasteiger partial charge in [0, 0.05) is 13.1 Å². The fraction of sp³-hybridized carbons (Fsp3) is 0.545. The van der Waals surface area contributed by atoms with Crippen LogP contribution in [-0.2, 0) is 0 Å². The van der Waals surface area contributed by atoms with E-state index in [0.717, 1.165) is 12.2 Å². The second-order valence-corrected chi connectivity index (χ2v) is 4.88. The summed E-state index contributed by atoms with van der Waals surface area (Å²) in [6, 6.07) is 3.37. The van der Waals surface area contributed by atoms with E-state index in [2.05, 4.69) is 16.5 Å². The zero-order chi connectivity index (χ0) is 12.8. The molecule has 1 atom stereocenters. The van der Waals surface area contributed by atoms with Gasteiger partial charge in [-0.2, -0.15) is 11.8 Å². The van der Waals surface area contributed by atoms with Gasteiger partial charge in [-0.15, -0.1) is 10.2 Å². The molecule has 1 aromatic heterocycles. The van der Waals surface area contributed by atoms with Gasteiger partial charge in [-0.1, -0.05) is 0 Å². The lowest BCUT2D eigenvalue weighted by molar-refractivity contribution is 0.0734. The van der Waals surface area contributed by atoms with E-state index in [1.165, 1.54) is 0 Å². The number of hydrogen-bond donors (Lipinski definition) is 1. The third kappa shape index (κ3) is 3.89. The Morgan fingerprint density at radius 1 is 1.53 bits per heavy atom. The highest BCUT2D eigenvalue weighted by Gasteiger charge is 2.18. The first kappa shape index (κ1) is 13.8. The van der Waals surface area contributed by atoms with Gasteiger partial charge in [0.15, 0.2) is 5.69 Å². The topological polar surface area (TPSA) is 72.1 Å². The van der Waals surface area contributed by atoms with Crippen LogP contribution in [0.3, 0.4) is 0 Å². The molecule has 5 nitrogen and oxygen atoms in total. The Morgan fingerprint density at radius 3 is 2.76 bits per heavy atom. The molecule has 1 heterocycles. The number of nitrogens with zero attached hydrogens (tertiary/aromatic N) is 3. The van der Waals surface area contributed by atoms with Crippen LogP contribution in [0.4, 0.5) is 5.82 Å². The lowest BCUT2D eigenvalue weighted by Crippen LogP contribution is -2.36. The van der Waals surface area contributed by atoms with Crippen LogP contribution < -0.4 is 5.73 Å². The van der Waals surface area contributed by atoms with E-state index in [9.17, 15) is 4.79 Å². The van der Waals surface area contributed by atoms with Crippen molar-refractivity contribution in [1.29, 1.82) is 0 Å². The monoisotopic (exact) mass is 254 g/mol. The molecule has 0 radical (unpaired) electrons. The SMILES string of the molecule is CSCCC(C)N(C)C(=O)c1ccc(N)nn1. The Hall–Kier alpha value is -1.30. The zero-order valence-corrected chi connectivity index (χ0v) is 11.2. The van der Waals surface area contributed by atoms with Gasteiger partial charge in [-0.05, 0) is 37.5 Å². The molecule has 0 aliphatic heterocycles. The Balaban J connectivity index is 2.65. The summed E-state index contributed by atoms with van der Waals surface area (Å²) in [7, 11) is 1.78. The predicted molar refractivity (Wildman–Crippen MR) is 71.0 cm³/mol. The Morgan fingerprint density at radius 2 is 2.24 bits per heavy atom. The van der Waals surface area contributed by atoms with Crippen LogP contribution in [0, 0.1) is 0 Å². The highest BCUT2D eigenvalue weighted by atomic mass is 32.2. The summed E-state index contributed by atoms with van der Waals surface area (Å²) in [5, 5.41) is 7.47. The van der Waals surface area contributed by atoms with Gasteiger partial charge in [0.25, 0.3) is 5.91 Å². The van der Waals surface area contributed by atoms with Crippen molar-refractivity contribution in [3.8, 4) is 0 Å². The van der Waals surface area contributed by atoms with E-state index in [1.807, 2.05) is 6.92 Å². The molecule has 0 aliphatic rings. The van der Waals surface area contributed by atoms with Gasteiger partial charge < -0.3 is 10.6 Å². The Bertz CT molecular complexity index is 368. The Labute approximate surface area is 106 Å². The minimum atomic E-state index is -0.119. The second kappa shape index (κ2) is 6.44. The van der Waals surface area contributed by atoms with Crippen molar-refractivity contribution in [2.75, 3.05) is 24.8 Å². The van der Waals surface area contributed by atoms with Crippen LogP contribution in [-0.4, -0.2) is 46.1 Å². The fourth-order valence-corrected chi connectivity index (χ4v) is 1.90. The normalized spacial score (nSPS) is 12.2. The number of carbonyl (C=O) groups excluding carboxylic acids is 1. The Kier molecular flexibility index (Phi) is 5.21. The summed E-state index contributed by atoms with van der Waals surface area (Å²) in [6.07, 6.45) is 3.02. The highest BCUT2D eigenvalue weighted by molar-refractivity contribution is 7.98. The van der Waals surface area contributed by atoms with Crippen molar-refractivity contribution in [3.63, 3.8) is 0 Å².